The molecule has 0 aliphatic carbocycles. The molecule has 1 aromatic heterocycles. The van der Waals surface area contributed by atoms with Crippen molar-refractivity contribution in [2.75, 3.05) is 4.72 Å². The number of nitriles is 1. The quantitative estimate of drug-likeness (QED) is 0.548. The lowest BCUT2D eigenvalue weighted by Gasteiger charge is -2.28. The summed E-state index contributed by atoms with van der Waals surface area (Å²) in [4.78, 5) is 13.2. The van der Waals surface area contributed by atoms with Crippen molar-refractivity contribution in [2.24, 2.45) is 12.5 Å². The Morgan fingerprint density at radius 2 is 1.71 bits per heavy atom. The maximum atomic E-state index is 13.5. The molecule has 0 aliphatic rings. The predicted octanol–water partition coefficient (Wildman–Crippen LogP) is 4.06. The second-order valence-electron chi connectivity index (χ2n) is 9.01. The molecule has 2 N–H and O–H groups in total. The highest BCUT2D eigenvalue weighted by atomic mass is 32.2. The van der Waals surface area contributed by atoms with Crippen molar-refractivity contribution in [1.29, 1.82) is 5.26 Å². The van der Waals surface area contributed by atoms with Gasteiger partial charge in [-0.3, -0.25) is 14.2 Å². The van der Waals surface area contributed by atoms with E-state index >= 15 is 0 Å². The van der Waals surface area contributed by atoms with Crippen molar-refractivity contribution in [2.45, 2.75) is 38.6 Å². The summed E-state index contributed by atoms with van der Waals surface area (Å²) >= 11 is 0. The van der Waals surface area contributed by atoms with Crippen molar-refractivity contribution >= 4 is 21.6 Å². The highest BCUT2D eigenvalue weighted by Crippen LogP contribution is 2.33. The van der Waals surface area contributed by atoms with E-state index in [1.165, 1.54) is 60.3 Å². The molecule has 0 radical (unpaired) electrons. The zero-order chi connectivity index (χ0) is 25.3. The first-order valence-corrected chi connectivity index (χ1v) is 12.0. The molecule has 1 heterocycles. The van der Waals surface area contributed by atoms with Gasteiger partial charge < -0.3 is 5.32 Å². The minimum Gasteiger partial charge on any atom is -0.348 e. The largest absolute Gasteiger partial charge is 0.348 e. The standard InChI is InChI=1S/C24H26FN5O3S/c1-15(24(2,3)4)27-23(31)22-21(20(28-30(22)5)17-8-10-18(25)11-9-17)29-34(32,33)19-12-6-16(14-26)7-13-19/h6-13,15,29H,1-5H3,(H,27,31). The number of carbonyl (C=O) groups excluding carboxylic acids is 1. The molecule has 0 bridgehead atoms. The number of nitrogens with one attached hydrogen (secondary N) is 2. The van der Waals surface area contributed by atoms with Gasteiger partial charge in [0.05, 0.1) is 16.5 Å². The SMILES string of the molecule is CC(NC(=O)c1c(NS(=O)(=O)c2ccc(C#N)cc2)c(-c2ccc(F)cc2)nn1C)C(C)(C)C. The molecule has 3 aromatic rings. The maximum Gasteiger partial charge on any atom is 0.271 e. The number of benzene rings is 2. The first kappa shape index (κ1) is 24.9. The Hall–Kier alpha value is -3.71. The molecule has 0 spiro atoms. The Kier molecular flexibility index (Phi) is 6.79. The van der Waals surface area contributed by atoms with E-state index in [0.29, 0.717) is 11.1 Å². The number of hydrogen-bond donors (Lipinski definition) is 2. The second-order valence-corrected chi connectivity index (χ2v) is 10.7. The second kappa shape index (κ2) is 9.27. The Labute approximate surface area is 198 Å². The molecule has 10 heteroatoms. The number of aromatic nitrogens is 2. The van der Waals surface area contributed by atoms with E-state index < -0.39 is 21.7 Å². The molecular weight excluding hydrogens is 457 g/mol. The normalized spacial score (nSPS) is 12.6. The highest BCUT2D eigenvalue weighted by Gasteiger charge is 2.30. The highest BCUT2D eigenvalue weighted by molar-refractivity contribution is 7.92. The topological polar surface area (TPSA) is 117 Å². The van der Waals surface area contributed by atoms with Crippen LogP contribution in [0.15, 0.2) is 53.4 Å². The van der Waals surface area contributed by atoms with Crippen LogP contribution in [0.1, 0.15) is 43.7 Å². The number of anilines is 1. The van der Waals surface area contributed by atoms with Crippen LogP contribution in [0.3, 0.4) is 0 Å². The van der Waals surface area contributed by atoms with Gasteiger partial charge in [-0.15, -0.1) is 0 Å². The van der Waals surface area contributed by atoms with E-state index in [1.54, 1.807) is 0 Å². The van der Waals surface area contributed by atoms with Gasteiger partial charge in [-0.1, -0.05) is 20.8 Å². The van der Waals surface area contributed by atoms with Crippen molar-refractivity contribution in [1.82, 2.24) is 15.1 Å². The molecule has 1 unspecified atom stereocenters. The van der Waals surface area contributed by atoms with Crippen LogP contribution in [-0.4, -0.2) is 30.1 Å². The summed E-state index contributed by atoms with van der Waals surface area (Å²) in [6.45, 7) is 7.77. The number of hydrogen-bond acceptors (Lipinski definition) is 5. The van der Waals surface area contributed by atoms with Crippen LogP contribution in [0.25, 0.3) is 11.3 Å². The minimum atomic E-state index is -4.14. The van der Waals surface area contributed by atoms with Crippen LogP contribution in [0.4, 0.5) is 10.1 Å². The number of nitrogens with zero attached hydrogens (tertiary/aromatic N) is 3. The summed E-state index contributed by atoms with van der Waals surface area (Å²) in [6, 6.07) is 12.4. The first-order chi connectivity index (χ1) is 15.8. The van der Waals surface area contributed by atoms with Gasteiger partial charge in [0.1, 0.15) is 17.2 Å². The van der Waals surface area contributed by atoms with Crippen LogP contribution in [-0.2, 0) is 17.1 Å². The Balaban J connectivity index is 2.12. The van der Waals surface area contributed by atoms with Gasteiger partial charge in [-0.05, 0) is 60.9 Å². The van der Waals surface area contributed by atoms with E-state index in [1.807, 2.05) is 33.8 Å². The van der Waals surface area contributed by atoms with Crippen LogP contribution in [0.5, 0.6) is 0 Å². The average Bonchev–Trinajstić information content (AvgIpc) is 3.08. The van der Waals surface area contributed by atoms with Gasteiger partial charge in [0, 0.05) is 18.7 Å². The third-order valence-electron chi connectivity index (χ3n) is 5.56. The summed E-state index contributed by atoms with van der Waals surface area (Å²) < 4.78 is 43.6. The fourth-order valence-electron chi connectivity index (χ4n) is 3.07. The third-order valence-corrected chi connectivity index (χ3v) is 6.92. The van der Waals surface area contributed by atoms with Crippen molar-refractivity contribution in [3.05, 3.63) is 65.6 Å². The van der Waals surface area contributed by atoms with Crippen molar-refractivity contribution in [3.8, 4) is 17.3 Å². The van der Waals surface area contributed by atoms with Gasteiger partial charge in [-0.25, -0.2) is 12.8 Å². The number of amides is 1. The number of carbonyl (C=O) groups is 1. The van der Waals surface area contributed by atoms with Gasteiger partial charge in [-0.2, -0.15) is 10.4 Å². The monoisotopic (exact) mass is 483 g/mol. The molecular formula is C24H26FN5O3S. The number of aryl methyl sites for hydroxylation is 1. The Bertz CT molecular complexity index is 1350. The lowest BCUT2D eigenvalue weighted by molar-refractivity contribution is 0.0901. The number of sulfonamides is 1. The molecule has 1 amide bonds. The van der Waals surface area contributed by atoms with E-state index in [2.05, 4.69) is 15.1 Å². The van der Waals surface area contributed by atoms with Gasteiger partial charge >= 0.3 is 0 Å². The summed E-state index contributed by atoms with van der Waals surface area (Å²) in [5.74, 6) is -0.973. The van der Waals surface area contributed by atoms with Gasteiger partial charge in [0.2, 0.25) is 0 Å². The summed E-state index contributed by atoms with van der Waals surface area (Å²) in [5.41, 5.74) is 0.648. The molecule has 8 nitrogen and oxygen atoms in total. The molecule has 0 fully saturated rings. The minimum absolute atomic E-state index is 0.00708. The molecule has 0 saturated heterocycles. The zero-order valence-electron chi connectivity index (χ0n) is 19.5. The van der Waals surface area contributed by atoms with Crippen LogP contribution >= 0.6 is 0 Å². The molecule has 3 rings (SSSR count). The Morgan fingerprint density at radius 1 is 1.12 bits per heavy atom. The fraction of sp³-hybridized carbons (Fsp3) is 0.292. The molecule has 0 saturated carbocycles. The predicted molar refractivity (Wildman–Crippen MR) is 127 cm³/mol. The molecule has 1 atom stereocenters. The lowest BCUT2D eigenvalue weighted by atomic mass is 9.88. The summed E-state index contributed by atoms with van der Waals surface area (Å²) in [7, 11) is -2.61. The smallest absolute Gasteiger partial charge is 0.271 e. The first-order valence-electron chi connectivity index (χ1n) is 10.5. The number of halogens is 1. The van der Waals surface area contributed by atoms with E-state index in [-0.39, 0.29) is 33.4 Å². The van der Waals surface area contributed by atoms with E-state index in [9.17, 15) is 17.6 Å². The Morgan fingerprint density at radius 3 is 2.24 bits per heavy atom. The van der Waals surface area contributed by atoms with E-state index in [0.717, 1.165) is 0 Å². The molecule has 34 heavy (non-hydrogen) atoms. The van der Waals surface area contributed by atoms with Crippen molar-refractivity contribution < 1.29 is 17.6 Å². The fourth-order valence-corrected chi connectivity index (χ4v) is 4.15. The van der Waals surface area contributed by atoms with Crippen LogP contribution in [0.2, 0.25) is 0 Å². The maximum absolute atomic E-state index is 13.5. The molecule has 2 aromatic carbocycles. The molecule has 178 valence electrons. The zero-order valence-corrected chi connectivity index (χ0v) is 20.4. The van der Waals surface area contributed by atoms with E-state index in [4.69, 9.17) is 5.26 Å². The van der Waals surface area contributed by atoms with Crippen LogP contribution < -0.4 is 10.0 Å². The van der Waals surface area contributed by atoms with Gasteiger partial charge in [0.15, 0.2) is 5.69 Å². The molecule has 0 aliphatic heterocycles. The summed E-state index contributed by atoms with van der Waals surface area (Å²) in [6.07, 6.45) is 0. The van der Waals surface area contributed by atoms with Gasteiger partial charge in [0.25, 0.3) is 15.9 Å². The van der Waals surface area contributed by atoms with Crippen molar-refractivity contribution in [3.63, 3.8) is 0 Å². The van der Waals surface area contributed by atoms with Crippen LogP contribution in [0, 0.1) is 22.6 Å². The average molecular weight is 484 g/mol. The lowest BCUT2D eigenvalue weighted by Crippen LogP contribution is -2.42. The third kappa shape index (κ3) is 5.26. The number of rotatable bonds is 6. The summed E-state index contributed by atoms with van der Waals surface area (Å²) in [5, 5.41) is 16.3.